The van der Waals surface area contributed by atoms with Gasteiger partial charge in [0.15, 0.2) is 0 Å². The molecule has 5 nitrogen and oxygen atoms in total. The largest absolute Gasteiger partial charge is 0.463 e. The van der Waals surface area contributed by atoms with Crippen LogP contribution in [-0.2, 0) is 14.1 Å². The zero-order chi connectivity index (χ0) is 9.61. The standard InChI is InChI=1S/C6H11O5P/c1-2-4-11-6(7)3-5-12(8,9)10/h3,5H,2,4H2,1H3,(H2,8,9,10). The molecule has 0 aliphatic carbocycles. The molecule has 0 aliphatic heterocycles. The quantitative estimate of drug-likeness (QED) is 0.389. The van der Waals surface area contributed by atoms with Crippen LogP contribution >= 0.6 is 7.60 Å². The first-order chi connectivity index (χ1) is 5.45. The van der Waals surface area contributed by atoms with Crippen LogP contribution in [0.2, 0.25) is 0 Å². The molecule has 0 saturated heterocycles. The average molecular weight is 194 g/mol. The minimum absolute atomic E-state index is 0.254. The minimum atomic E-state index is -4.23. The molecule has 0 rings (SSSR count). The molecule has 0 aromatic carbocycles. The molecule has 0 aromatic heterocycles. The van der Waals surface area contributed by atoms with E-state index in [9.17, 15) is 9.36 Å². The molecule has 0 bridgehead atoms. The number of carbonyl (C=O) groups excluding carboxylic acids is 1. The summed E-state index contributed by atoms with van der Waals surface area (Å²) < 4.78 is 14.7. The lowest BCUT2D eigenvalue weighted by Crippen LogP contribution is -2.00. The van der Waals surface area contributed by atoms with Gasteiger partial charge in [0.25, 0.3) is 0 Å². The van der Waals surface area contributed by atoms with Gasteiger partial charge in [-0.25, -0.2) is 4.79 Å². The second kappa shape index (κ2) is 5.09. The van der Waals surface area contributed by atoms with E-state index in [0.29, 0.717) is 12.2 Å². The Morgan fingerprint density at radius 2 is 2.17 bits per heavy atom. The lowest BCUT2D eigenvalue weighted by Gasteiger charge is -1.97. The van der Waals surface area contributed by atoms with Crippen LogP contribution in [0.15, 0.2) is 11.9 Å². The van der Waals surface area contributed by atoms with E-state index in [-0.39, 0.29) is 6.61 Å². The molecule has 0 aliphatic rings. The maximum atomic E-state index is 10.6. The Balaban J connectivity index is 3.85. The summed E-state index contributed by atoms with van der Waals surface area (Å²) in [5.41, 5.74) is 0. The monoisotopic (exact) mass is 194 g/mol. The maximum absolute atomic E-state index is 10.6. The first-order valence-corrected chi connectivity index (χ1v) is 5.05. The highest BCUT2D eigenvalue weighted by atomic mass is 31.2. The molecule has 12 heavy (non-hydrogen) atoms. The smallest absolute Gasteiger partial charge is 0.349 e. The molecule has 70 valence electrons. The fourth-order valence-electron chi connectivity index (χ4n) is 0.409. The Kier molecular flexibility index (Phi) is 4.81. The van der Waals surface area contributed by atoms with Crippen molar-refractivity contribution >= 4 is 13.6 Å². The van der Waals surface area contributed by atoms with E-state index in [1.165, 1.54) is 0 Å². The number of rotatable bonds is 4. The summed E-state index contributed by atoms with van der Waals surface area (Å²) in [6.07, 6.45) is 1.41. The molecule has 0 fully saturated rings. The normalized spacial score (nSPS) is 11.9. The van der Waals surface area contributed by atoms with Gasteiger partial charge < -0.3 is 14.5 Å². The Morgan fingerprint density at radius 1 is 1.58 bits per heavy atom. The van der Waals surface area contributed by atoms with E-state index in [0.717, 1.165) is 6.08 Å². The number of carbonyl (C=O) groups is 1. The summed E-state index contributed by atoms with van der Waals surface area (Å²) in [5.74, 6) is -0.217. The van der Waals surface area contributed by atoms with E-state index in [4.69, 9.17) is 9.79 Å². The third-order valence-electron chi connectivity index (χ3n) is 0.853. The molecule has 6 heteroatoms. The lowest BCUT2D eigenvalue weighted by atomic mass is 10.5. The summed E-state index contributed by atoms with van der Waals surface area (Å²) in [5, 5.41) is 0. The van der Waals surface area contributed by atoms with Gasteiger partial charge in [-0.2, -0.15) is 0 Å². The zero-order valence-corrected chi connectivity index (χ0v) is 7.53. The molecular weight excluding hydrogens is 183 g/mol. The summed E-state index contributed by atoms with van der Waals surface area (Å²) in [4.78, 5) is 27.2. The summed E-state index contributed by atoms with van der Waals surface area (Å²) in [6, 6.07) is 0. The second-order valence-corrected chi connectivity index (χ2v) is 3.55. The highest BCUT2D eigenvalue weighted by Crippen LogP contribution is 2.35. The van der Waals surface area contributed by atoms with Gasteiger partial charge in [0.1, 0.15) is 0 Å². The van der Waals surface area contributed by atoms with E-state index in [1.807, 2.05) is 6.92 Å². The Bertz CT molecular complexity index is 216. The average Bonchev–Trinajstić information content (AvgIpc) is 1.95. The third kappa shape index (κ3) is 7.47. The molecule has 0 amide bonds. The van der Waals surface area contributed by atoms with Crippen molar-refractivity contribution in [3.05, 3.63) is 11.9 Å². The van der Waals surface area contributed by atoms with E-state index in [2.05, 4.69) is 4.74 Å². The van der Waals surface area contributed by atoms with Crippen molar-refractivity contribution in [2.24, 2.45) is 0 Å². The molecule has 0 atom stereocenters. The number of hydrogen-bond donors (Lipinski definition) is 2. The summed E-state index contributed by atoms with van der Waals surface area (Å²) >= 11 is 0. The Labute approximate surface area is 70.2 Å². The van der Waals surface area contributed by atoms with Gasteiger partial charge in [0.2, 0.25) is 0 Å². The number of ether oxygens (including phenoxy) is 1. The van der Waals surface area contributed by atoms with Gasteiger partial charge in [-0.15, -0.1) is 0 Å². The van der Waals surface area contributed by atoms with Crippen LogP contribution in [0.3, 0.4) is 0 Å². The van der Waals surface area contributed by atoms with Crippen molar-refractivity contribution in [3.8, 4) is 0 Å². The third-order valence-corrected chi connectivity index (χ3v) is 1.39. The van der Waals surface area contributed by atoms with Crippen LogP contribution in [-0.4, -0.2) is 22.4 Å². The van der Waals surface area contributed by atoms with Crippen LogP contribution in [0, 0.1) is 0 Å². The predicted octanol–water partition coefficient (Wildman–Crippen LogP) is 0.631. The van der Waals surface area contributed by atoms with Crippen LogP contribution < -0.4 is 0 Å². The van der Waals surface area contributed by atoms with E-state index in [1.54, 1.807) is 0 Å². The Hall–Kier alpha value is -0.640. The second-order valence-electron chi connectivity index (χ2n) is 2.07. The molecule has 2 N–H and O–H groups in total. The number of hydrogen-bond acceptors (Lipinski definition) is 3. The van der Waals surface area contributed by atoms with Gasteiger partial charge in [0, 0.05) is 11.9 Å². The Morgan fingerprint density at radius 3 is 2.58 bits per heavy atom. The van der Waals surface area contributed by atoms with Gasteiger partial charge >= 0.3 is 13.6 Å². The van der Waals surface area contributed by atoms with Crippen LogP contribution in [0.4, 0.5) is 0 Å². The summed E-state index contributed by atoms with van der Waals surface area (Å²) in [7, 11) is -4.23. The number of esters is 1. The molecule has 0 heterocycles. The van der Waals surface area contributed by atoms with Crippen molar-refractivity contribution in [1.29, 1.82) is 0 Å². The highest BCUT2D eigenvalue weighted by Gasteiger charge is 2.07. The van der Waals surface area contributed by atoms with Gasteiger partial charge in [0.05, 0.1) is 6.61 Å². The molecule has 0 saturated carbocycles. The minimum Gasteiger partial charge on any atom is -0.463 e. The van der Waals surface area contributed by atoms with Crippen molar-refractivity contribution < 1.29 is 23.9 Å². The molecule has 0 aromatic rings. The summed E-state index contributed by atoms with van der Waals surface area (Å²) in [6.45, 7) is 2.07. The van der Waals surface area contributed by atoms with Crippen molar-refractivity contribution in [3.63, 3.8) is 0 Å². The molecule has 0 unspecified atom stereocenters. The van der Waals surface area contributed by atoms with Gasteiger partial charge in [-0.1, -0.05) is 6.92 Å². The van der Waals surface area contributed by atoms with Crippen LogP contribution in [0.25, 0.3) is 0 Å². The topological polar surface area (TPSA) is 83.8 Å². The van der Waals surface area contributed by atoms with Crippen LogP contribution in [0.1, 0.15) is 13.3 Å². The zero-order valence-electron chi connectivity index (χ0n) is 6.64. The van der Waals surface area contributed by atoms with Gasteiger partial charge in [-0.3, -0.25) is 4.57 Å². The van der Waals surface area contributed by atoms with E-state index >= 15 is 0 Å². The van der Waals surface area contributed by atoms with Crippen molar-refractivity contribution in [2.75, 3.05) is 6.61 Å². The first-order valence-electron chi connectivity index (χ1n) is 3.37. The van der Waals surface area contributed by atoms with Crippen LogP contribution in [0.5, 0.6) is 0 Å². The van der Waals surface area contributed by atoms with Crippen molar-refractivity contribution in [1.82, 2.24) is 0 Å². The van der Waals surface area contributed by atoms with E-state index < -0.39 is 13.6 Å². The fraction of sp³-hybridized carbons (Fsp3) is 0.500. The SMILES string of the molecule is CCCOC(=O)C=CP(=O)(O)O. The molecular formula is C6H11O5P. The lowest BCUT2D eigenvalue weighted by molar-refractivity contribution is -0.137. The fourth-order valence-corrected chi connectivity index (χ4v) is 0.725. The molecule has 0 radical (unpaired) electrons. The molecule has 0 spiro atoms. The van der Waals surface area contributed by atoms with Crippen molar-refractivity contribution in [2.45, 2.75) is 13.3 Å². The maximum Gasteiger partial charge on any atom is 0.349 e. The predicted molar refractivity (Wildman–Crippen MR) is 42.4 cm³/mol. The highest BCUT2D eigenvalue weighted by molar-refractivity contribution is 7.55. The first kappa shape index (κ1) is 11.4. The van der Waals surface area contributed by atoms with Gasteiger partial charge in [-0.05, 0) is 6.42 Å².